The van der Waals surface area contributed by atoms with Crippen LogP contribution >= 0.6 is 31.9 Å². The van der Waals surface area contributed by atoms with Gasteiger partial charge in [-0.05, 0) is 56.5 Å². The molecule has 0 unspecified atom stereocenters. The molecule has 0 saturated carbocycles. The molecule has 0 aliphatic heterocycles. The lowest BCUT2D eigenvalue weighted by Gasteiger charge is -2.09. The number of aromatic nitrogens is 1. The van der Waals surface area contributed by atoms with Gasteiger partial charge >= 0.3 is 0 Å². The Kier molecular flexibility index (Phi) is 4.16. The van der Waals surface area contributed by atoms with Crippen LogP contribution in [0.1, 0.15) is 5.56 Å². The van der Waals surface area contributed by atoms with Crippen LogP contribution in [0.3, 0.4) is 0 Å². The van der Waals surface area contributed by atoms with Crippen LogP contribution in [0, 0.1) is 17.0 Å². The minimum Gasteiger partial charge on any atom is -0.438 e. The van der Waals surface area contributed by atoms with Gasteiger partial charge in [0, 0.05) is 22.8 Å². The average molecular weight is 388 g/mol. The number of halogens is 2. The number of ether oxygens (including phenoxy) is 1. The van der Waals surface area contributed by atoms with E-state index in [9.17, 15) is 10.1 Å². The zero-order valence-corrected chi connectivity index (χ0v) is 12.9. The molecule has 0 aliphatic carbocycles. The normalized spacial score (nSPS) is 10.3. The van der Waals surface area contributed by atoms with Crippen LogP contribution in [0.15, 0.2) is 39.4 Å². The summed E-state index contributed by atoms with van der Waals surface area (Å²) < 4.78 is 7.15. The molecule has 2 aromatic rings. The van der Waals surface area contributed by atoms with E-state index in [2.05, 4.69) is 36.8 Å². The Morgan fingerprint density at radius 3 is 2.63 bits per heavy atom. The molecule has 0 spiro atoms. The fourth-order valence-corrected chi connectivity index (χ4v) is 2.51. The van der Waals surface area contributed by atoms with Crippen molar-refractivity contribution in [1.29, 1.82) is 0 Å². The first-order valence-electron chi connectivity index (χ1n) is 5.21. The number of pyridine rings is 1. The van der Waals surface area contributed by atoms with Crippen LogP contribution in [0.4, 0.5) is 5.69 Å². The Labute approximate surface area is 126 Å². The molecular formula is C12H8Br2N2O3. The molecule has 1 heterocycles. The number of hydrogen-bond donors (Lipinski definition) is 0. The molecular weight excluding hydrogens is 380 g/mol. The van der Waals surface area contributed by atoms with Crippen LogP contribution < -0.4 is 4.74 Å². The summed E-state index contributed by atoms with van der Waals surface area (Å²) in [5.74, 6) is 0.932. The average Bonchev–Trinajstić information content (AvgIpc) is 2.34. The Balaban J connectivity index is 2.31. The summed E-state index contributed by atoms with van der Waals surface area (Å²) in [5, 5.41) is 10.7. The molecule has 19 heavy (non-hydrogen) atoms. The van der Waals surface area contributed by atoms with Crippen LogP contribution in [-0.2, 0) is 0 Å². The van der Waals surface area contributed by atoms with Crippen LogP contribution in [-0.4, -0.2) is 9.91 Å². The Bertz CT molecular complexity index is 647. The summed E-state index contributed by atoms with van der Waals surface area (Å²) in [6.45, 7) is 1.75. The lowest BCUT2D eigenvalue weighted by molar-refractivity contribution is -0.384. The molecule has 1 aromatic carbocycles. The lowest BCUT2D eigenvalue weighted by atomic mass is 10.2. The molecule has 0 radical (unpaired) electrons. The van der Waals surface area contributed by atoms with E-state index in [4.69, 9.17) is 4.74 Å². The van der Waals surface area contributed by atoms with E-state index in [0.717, 1.165) is 4.47 Å². The smallest absolute Gasteiger partial charge is 0.269 e. The molecule has 2 rings (SSSR count). The van der Waals surface area contributed by atoms with E-state index >= 15 is 0 Å². The SMILES string of the molecule is Cc1cc([N+](=O)[O-])ccc1Oc1ncc(Br)cc1Br. The monoisotopic (exact) mass is 386 g/mol. The molecule has 0 amide bonds. The van der Waals surface area contributed by atoms with Crippen molar-refractivity contribution in [3.05, 3.63) is 55.1 Å². The van der Waals surface area contributed by atoms with E-state index in [1.54, 1.807) is 19.2 Å². The van der Waals surface area contributed by atoms with Gasteiger partial charge in [-0.2, -0.15) is 0 Å². The number of hydrogen-bond acceptors (Lipinski definition) is 4. The maximum Gasteiger partial charge on any atom is 0.269 e. The van der Waals surface area contributed by atoms with Crippen molar-refractivity contribution in [3.63, 3.8) is 0 Å². The maximum atomic E-state index is 10.7. The summed E-state index contributed by atoms with van der Waals surface area (Å²) in [7, 11) is 0. The molecule has 98 valence electrons. The zero-order valence-electron chi connectivity index (χ0n) is 9.76. The molecule has 0 atom stereocenters. The van der Waals surface area contributed by atoms with Gasteiger partial charge in [-0.3, -0.25) is 10.1 Å². The molecule has 5 nitrogen and oxygen atoms in total. The second-order valence-electron chi connectivity index (χ2n) is 3.75. The first-order valence-corrected chi connectivity index (χ1v) is 6.80. The third kappa shape index (κ3) is 3.30. The quantitative estimate of drug-likeness (QED) is 0.569. The molecule has 7 heteroatoms. The number of benzene rings is 1. The highest BCUT2D eigenvalue weighted by atomic mass is 79.9. The van der Waals surface area contributed by atoms with Gasteiger partial charge in [-0.15, -0.1) is 0 Å². The highest BCUT2D eigenvalue weighted by Crippen LogP contribution is 2.32. The fourth-order valence-electron chi connectivity index (χ4n) is 1.44. The molecule has 0 fully saturated rings. The minimum absolute atomic E-state index is 0.0349. The Hall–Kier alpha value is -1.47. The van der Waals surface area contributed by atoms with Gasteiger partial charge < -0.3 is 4.74 Å². The standard InChI is InChI=1S/C12H8Br2N2O3/c1-7-4-9(16(17)18)2-3-11(7)19-12-10(14)5-8(13)6-15-12/h2-6H,1H3. The number of rotatable bonds is 3. The largest absolute Gasteiger partial charge is 0.438 e. The van der Waals surface area contributed by atoms with E-state index in [0.29, 0.717) is 21.7 Å². The van der Waals surface area contributed by atoms with E-state index < -0.39 is 4.92 Å². The number of aryl methyl sites for hydroxylation is 1. The number of nitro groups is 1. The third-order valence-corrected chi connectivity index (χ3v) is 3.35. The van der Waals surface area contributed by atoms with Crippen molar-refractivity contribution >= 4 is 37.5 Å². The Morgan fingerprint density at radius 2 is 2.05 bits per heavy atom. The van der Waals surface area contributed by atoms with Crippen LogP contribution in [0.25, 0.3) is 0 Å². The summed E-state index contributed by atoms with van der Waals surface area (Å²) in [5.41, 5.74) is 0.707. The number of nitrogens with zero attached hydrogens (tertiary/aromatic N) is 2. The van der Waals surface area contributed by atoms with E-state index in [1.807, 2.05) is 6.07 Å². The maximum absolute atomic E-state index is 10.7. The van der Waals surface area contributed by atoms with Gasteiger partial charge in [-0.1, -0.05) is 0 Å². The lowest BCUT2D eigenvalue weighted by Crippen LogP contribution is -1.93. The van der Waals surface area contributed by atoms with Crippen molar-refractivity contribution in [3.8, 4) is 11.6 Å². The molecule has 0 bridgehead atoms. The second kappa shape index (κ2) is 5.66. The highest BCUT2D eigenvalue weighted by Gasteiger charge is 2.11. The molecule has 0 saturated heterocycles. The van der Waals surface area contributed by atoms with Gasteiger partial charge in [0.2, 0.25) is 5.88 Å². The van der Waals surface area contributed by atoms with E-state index in [-0.39, 0.29) is 5.69 Å². The topological polar surface area (TPSA) is 65.3 Å². The molecule has 0 N–H and O–H groups in total. The predicted octanol–water partition coefficient (Wildman–Crippen LogP) is 4.62. The van der Waals surface area contributed by atoms with Crippen LogP contribution in [0.2, 0.25) is 0 Å². The fraction of sp³-hybridized carbons (Fsp3) is 0.0833. The van der Waals surface area contributed by atoms with Crippen molar-refractivity contribution < 1.29 is 9.66 Å². The minimum atomic E-state index is -0.440. The summed E-state index contributed by atoms with van der Waals surface area (Å²) in [4.78, 5) is 14.3. The first-order chi connectivity index (χ1) is 8.97. The Morgan fingerprint density at radius 1 is 1.32 bits per heavy atom. The van der Waals surface area contributed by atoms with Crippen molar-refractivity contribution in [2.75, 3.05) is 0 Å². The summed E-state index contributed by atoms with van der Waals surface area (Å²) in [6, 6.07) is 6.23. The van der Waals surface area contributed by atoms with E-state index in [1.165, 1.54) is 12.1 Å². The zero-order chi connectivity index (χ0) is 14.0. The van der Waals surface area contributed by atoms with Crippen LogP contribution in [0.5, 0.6) is 11.6 Å². The highest BCUT2D eigenvalue weighted by molar-refractivity contribution is 9.11. The summed E-state index contributed by atoms with van der Waals surface area (Å²) >= 11 is 6.64. The van der Waals surface area contributed by atoms with Gasteiger partial charge in [-0.25, -0.2) is 4.98 Å². The van der Waals surface area contributed by atoms with Gasteiger partial charge in [0.05, 0.1) is 9.40 Å². The number of non-ortho nitro benzene ring substituents is 1. The summed E-state index contributed by atoms with van der Waals surface area (Å²) in [6.07, 6.45) is 1.61. The van der Waals surface area contributed by atoms with Gasteiger partial charge in [0.25, 0.3) is 5.69 Å². The second-order valence-corrected chi connectivity index (χ2v) is 5.52. The first kappa shape index (κ1) is 14.0. The van der Waals surface area contributed by atoms with Crippen molar-refractivity contribution in [2.45, 2.75) is 6.92 Å². The number of nitro benzene ring substituents is 1. The third-order valence-electron chi connectivity index (χ3n) is 2.35. The van der Waals surface area contributed by atoms with Gasteiger partial charge in [0.15, 0.2) is 0 Å². The molecule has 0 aliphatic rings. The van der Waals surface area contributed by atoms with Crippen molar-refractivity contribution in [2.24, 2.45) is 0 Å². The van der Waals surface area contributed by atoms with Crippen molar-refractivity contribution in [1.82, 2.24) is 4.98 Å². The van der Waals surface area contributed by atoms with Gasteiger partial charge in [0.1, 0.15) is 5.75 Å². The molecule has 1 aromatic heterocycles. The predicted molar refractivity (Wildman–Crippen MR) is 77.5 cm³/mol.